The van der Waals surface area contributed by atoms with Gasteiger partial charge >= 0.3 is 5.69 Å². The number of amides is 1. The van der Waals surface area contributed by atoms with E-state index in [9.17, 15) is 14.4 Å². The smallest absolute Gasteiger partial charge is 0.325 e. The summed E-state index contributed by atoms with van der Waals surface area (Å²) in [5.74, 6) is -0.215. The summed E-state index contributed by atoms with van der Waals surface area (Å²) in [4.78, 5) is 37.1. The van der Waals surface area contributed by atoms with E-state index in [1.807, 2.05) is 39.0 Å². The van der Waals surface area contributed by atoms with E-state index in [-0.39, 0.29) is 10.9 Å². The van der Waals surface area contributed by atoms with Gasteiger partial charge in [-0.15, -0.1) is 0 Å². The molecular formula is C15H18N4O3S. The predicted molar refractivity (Wildman–Crippen MR) is 90.0 cm³/mol. The first-order valence-electron chi connectivity index (χ1n) is 7.14. The Morgan fingerprint density at radius 3 is 2.65 bits per heavy atom. The second-order valence-corrected chi connectivity index (χ2v) is 6.31. The number of benzene rings is 1. The van der Waals surface area contributed by atoms with Crippen LogP contribution in [-0.2, 0) is 4.79 Å². The molecular weight excluding hydrogens is 316 g/mol. The standard InChI is InChI=1S/C15H18N4O3S/c1-4-11(23-14-13(21)17-15(22)19-18-14)12(20)16-10-6-5-8(2)9(3)7-10/h5-7,11H,4H2,1-3H3,(H,16,20)(H2,17,19,21,22)/t11-/m1/s1. The zero-order valence-electron chi connectivity index (χ0n) is 13.1. The molecule has 2 rings (SSSR count). The largest absolute Gasteiger partial charge is 0.342 e. The highest BCUT2D eigenvalue weighted by Crippen LogP contribution is 2.22. The summed E-state index contributed by atoms with van der Waals surface area (Å²) in [6, 6.07) is 5.67. The first-order chi connectivity index (χ1) is 10.9. The molecule has 2 aromatic rings. The van der Waals surface area contributed by atoms with Crippen LogP contribution in [0.4, 0.5) is 5.69 Å². The summed E-state index contributed by atoms with van der Waals surface area (Å²) in [7, 11) is 0. The highest BCUT2D eigenvalue weighted by Gasteiger charge is 2.20. The Balaban J connectivity index is 2.13. The SMILES string of the molecule is CC[C@@H](Sc1n[nH]c(=O)[nH]c1=O)C(=O)Nc1ccc(C)c(C)c1. The van der Waals surface area contributed by atoms with Gasteiger partial charge in [-0.1, -0.05) is 24.8 Å². The molecule has 1 aromatic heterocycles. The number of rotatable bonds is 5. The molecule has 0 aliphatic rings. The summed E-state index contributed by atoms with van der Waals surface area (Å²) >= 11 is 1.02. The number of nitrogens with zero attached hydrogens (tertiary/aromatic N) is 1. The minimum absolute atomic E-state index is 0.0617. The van der Waals surface area contributed by atoms with Crippen LogP contribution in [0.25, 0.3) is 0 Å². The number of hydrogen-bond donors (Lipinski definition) is 3. The van der Waals surface area contributed by atoms with E-state index in [2.05, 4.69) is 20.5 Å². The minimum Gasteiger partial charge on any atom is -0.325 e. The second kappa shape index (κ2) is 7.28. The Morgan fingerprint density at radius 1 is 1.30 bits per heavy atom. The molecule has 1 aromatic carbocycles. The van der Waals surface area contributed by atoms with E-state index >= 15 is 0 Å². The van der Waals surface area contributed by atoms with Crippen LogP contribution in [0.2, 0.25) is 0 Å². The maximum Gasteiger partial charge on any atom is 0.342 e. The number of aromatic nitrogens is 3. The van der Waals surface area contributed by atoms with Crippen molar-refractivity contribution < 1.29 is 4.79 Å². The van der Waals surface area contributed by atoms with Crippen LogP contribution in [-0.4, -0.2) is 26.3 Å². The number of carbonyl (C=O) groups excluding carboxylic acids is 1. The Hall–Kier alpha value is -2.35. The van der Waals surface area contributed by atoms with E-state index < -0.39 is 16.5 Å². The first kappa shape index (κ1) is 17.0. The zero-order chi connectivity index (χ0) is 17.0. The molecule has 7 nitrogen and oxygen atoms in total. The fourth-order valence-electron chi connectivity index (χ4n) is 1.92. The number of hydrogen-bond acceptors (Lipinski definition) is 5. The zero-order valence-corrected chi connectivity index (χ0v) is 13.9. The van der Waals surface area contributed by atoms with Crippen molar-refractivity contribution in [2.75, 3.05) is 5.32 Å². The van der Waals surface area contributed by atoms with Gasteiger partial charge < -0.3 is 5.32 Å². The second-order valence-electron chi connectivity index (χ2n) is 5.12. The first-order valence-corrected chi connectivity index (χ1v) is 8.02. The lowest BCUT2D eigenvalue weighted by molar-refractivity contribution is -0.115. The monoisotopic (exact) mass is 334 g/mol. The van der Waals surface area contributed by atoms with E-state index in [0.717, 1.165) is 22.9 Å². The molecule has 122 valence electrons. The van der Waals surface area contributed by atoms with Gasteiger partial charge in [-0.3, -0.25) is 14.6 Å². The molecule has 23 heavy (non-hydrogen) atoms. The van der Waals surface area contributed by atoms with Gasteiger partial charge in [0.25, 0.3) is 5.56 Å². The molecule has 0 aliphatic carbocycles. The molecule has 0 spiro atoms. The number of H-pyrrole nitrogens is 2. The van der Waals surface area contributed by atoms with Crippen LogP contribution in [0.1, 0.15) is 24.5 Å². The summed E-state index contributed by atoms with van der Waals surface area (Å²) in [6.07, 6.45) is 0.515. The lowest BCUT2D eigenvalue weighted by atomic mass is 10.1. The van der Waals surface area contributed by atoms with Crippen molar-refractivity contribution >= 4 is 23.4 Å². The minimum atomic E-state index is -0.674. The molecule has 0 unspecified atom stereocenters. The van der Waals surface area contributed by atoms with Gasteiger partial charge in [0.2, 0.25) is 5.91 Å². The number of thioether (sulfide) groups is 1. The van der Waals surface area contributed by atoms with E-state index in [1.54, 1.807) is 0 Å². The molecule has 0 fully saturated rings. The maximum atomic E-state index is 12.4. The number of aryl methyl sites for hydroxylation is 2. The molecule has 0 bridgehead atoms. The Kier molecular flexibility index (Phi) is 5.38. The van der Waals surface area contributed by atoms with Gasteiger partial charge in [-0.05, 0) is 43.5 Å². The third-order valence-electron chi connectivity index (χ3n) is 3.37. The van der Waals surface area contributed by atoms with Crippen LogP contribution in [0.15, 0.2) is 32.8 Å². The van der Waals surface area contributed by atoms with Crippen molar-refractivity contribution in [2.24, 2.45) is 0 Å². The Morgan fingerprint density at radius 2 is 2.04 bits per heavy atom. The maximum absolute atomic E-state index is 12.4. The van der Waals surface area contributed by atoms with Crippen LogP contribution >= 0.6 is 11.8 Å². The molecule has 3 N–H and O–H groups in total. The normalized spacial score (nSPS) is 12.0. The molecule has 8 heteroatoms. The highest BCUT2D eigenvalue weighted by atomic mass is 32.2. The van der Waals surface area contributed by atoms with Gasteiger partial charge in [-0.2, -0.15) is 5.10 Å². The lowest BCUT2D eigenvalue weighted by Crippen LogP contribution is -2.29. The molecule has 1 amide bonds. The summed E-state index contributed by atoms with van der Waals surface area (Å²) < 4.78 is 0. The van der Waals surface area contributed by atoms with Gasteiger partial charge in [0.15, 0.2) is 5.03 Å². The molecule has 1 heterocycles. The van der Waals surface area contributed by atoms with Crippen LogP contribution in [0.5, 0.6) is 0 Å². The average molecular weight is 334 g/mol. The third kappa shape index (κ3) is 4.32. The van der Waals surface area contributed by atoms with Crippen LogP contribution in [0, 0.1) is 13.8 Å². The molecule has 0 aliphatic heterocycles. The number of carbonyl (C=O) groups is 1. The van der Waals surface area contributed by atoms with Crippen molar-refractivity contribution in [2.45, 2.75) is 37.5 Å². The Labute approximate surface area is 136 Å². The van der Waals surface area contributed by atoms with Gasteiger partial charge in [0.05, 0.1) is 5.25 Å². The topological polar surface area (TPSA) is 108 Å². The summed E-state index contributed by atoms with van der Waals surface area (Å²) in [5.41, 5.74) is 1.67. The molecule has 0 radical (unpaired) electrons. The number of anilines is 1. The highest BCUT2D eigenvalue weighted by molar-refractivity contribution is 8.00. The van der Waals surface area contributed by atoms with Gasteiger partial charge in [0.1, 0.15) is 0 Å². The quantitative estimate of drug-likeness (QED) is 0.720. The van der Waals surface area contributed by atoms with E-state index in [0.29, 0.717) is 12.1 Å². The fourth-order valence-corrected chi connectivity index (χ4v) is 2.77. The van der Waals surface area contributed by atoms with Crippen molar-refractivity contribution in [3.05, 3.63) is 50.2 Å². The molecule has 0 saturated heterocycles. The van der Waals surface area contributed by atoms with Crippen LogP contribution in [0.3, 0.4) is 0 Å². The van der Waals surface area contributed by atoms with Crippen molar-refractivity contribution in [3.63, 3.8) is 0 Å². The summed E-state index contributed by atoms with van der Waals surface area (Å²) in [5, 5.41) is 8.25. The average Bonchev–Trinajstić information content (AvgIpc) is 2.50. The van der Waals surface area contributed by atoms with Gasteiger partial charge in [0, 0.05) is 5.69 Å². The van der Waals surface area contributed by atoms with Crippen molar-refractivity contribution in [3.8, 4) is 0 Å². The van der Waals surface area contributed by atoms with Crippen molar-refractivity contribution in [1.82, 2.24) is 15.2 Å². The van der Waals surface area contributed by atoms with E-state index in [4.69, 9.17) is 0 Å². The van der Waals surface area contributed by atoms with Crippen molar-refractivity contribution in [1.29, 1.82) is 0 Å². The third-order valence-corrected chi connectivity index (χ3v) is 4.70. The lowest BCUT2D eigenvalue weighted by Gasteiger charge is -2.14. The number of aromatic amines is 2. The Bertz CT molecular complexity index is 828. The number of nitrogens with one attached hydrogen (secondary N) is 3. The van der Waals surface area contributed by atoms with E-state index in [1.165, 1.54) is 0 Å². The molecule has 1 atom stereocenters. The van der Waals surface area contributed by atoms with Gasteiger partial charge in [-0.25, -0.2) is 9.89 Å². The van der Waals surface area contributed by atoms with Crippen LogP contribution < -0.4 is 16.6 Å². The molecule has 0 saturated carbocycles. The predicted octanol–water partition coefficient (Wildman–Crippen LogP) is 1.58. The summed E-state index contributed by atoms with van der Waals surface area (Å²) in [6.45, 7) is 5.82. The fraction of sp³-hybridized carbons (Fsp3) is 0.333.